The van der Waals surface area contributed by atoms with E-state index in [2.05, 4.69) is 17.2 Å². The van der Waals surface area contributed by atoms with Crippen molar-refractivity contribution in [3.63, 3.8) is 0 Å². The van der Waals surface area contributed by atoms with Crippen molar-refractivity contribution < 1.29 is 13.2 Å². The van der Waals surface area contributed by atoms with Crippen LogP contribution in [0.5, 0.6) is 0 Å². The Kier molecular flexibility index (Phi) is 4.47. The van der Waals surface area contributed by atoms with Crippen molar-refractivity contribution in [1.82, 2.24) is 4.98 Å². The van der Waals surface area contributed by atoms with Gasteiger partial charge in [0, 0.05) is 12.1 Å². The molecule has 20 heavy (non-hydrogen) atoms. The fraction of sp³-hybridized carbons (Fsp3) is 0.643. The van der Waals surface area contributed by atoms with Gasteiger partial charge in [-0.15, -0.1) is 11.6 Å². The standard InChI is InChI=1S/C14H18ClF3N2/c1-10-3-2-5-13(8-10,9-15)20-12-7-11(4-6-19-12)14(16,17)18/h4,6-7,10H,2-3,5,8-9H2,1H3,(H,19,20). The highest BCUT2D eigenvalue weighted by Gasteiger charge is 2.35. The zero-order valence-electron chi connectivity index (χ0n) is 11.3. The molecule has 1 saturated carbocycles. The average molecular weight is 307 g/mol. The highest BCUT2D eigenvalue weighted by Crippen LogP contribution is 2.36. The Bertz CT molecular complexity index is 464. The summed E-state index contributed by atoms with van der Waals surface area (Å²) in [5.41, 5.74) is -1.04. The van der Waals surface area contributed by atoms with Gasteiger partial charge in [-0.2, -0.15) is 13.2 Å². The topological polar surface area (TPSA) is 24.9 Å². The highest BCUT2D eigenvalue weighted by molar-refractivity contribution is 6.18. The smallest absolute Gasteiger partial charge is 0.363 e. The molecule has 1 aliphatic rings. The largest absolute Gasteiger partial charge is 0.416 e. The summed E-state index contributed by atoms with van der Waals surface area (Å²) in [6.45, 7) is 2.14. The van der Waals surface area contributed by atoms with Crippen LogP contribution in [0, 0.1) is 5.92 Å². The van der Waals surface area contributed by atoms with Crippen molar-refractivity contribution in [3.8, 4) is 0 Å². The molecule has 2 nitrogen and oxygen atoms in total. The summed E-state index contributed by atoms with van der Waals surface area (Å²) < 4.78 is 38.1. The minimum Gasteiger partial charge on any atom is -0.363 e. The number of aromatic nitrogens is 1. The van der Waals surface area contributed by atoms with E-state index in [1.807, 2.05) is 0 Å². The maximum atomic E-state index is 12.7. The molecule has 0 radical (unpaired) electrons. The third-order valence-corrected chi connectivity index (χ3v) is 4.34. The molecule has 2 rings (SSSR count). The Hall–Kier alpha value is -0.970. The van der Waals surface area contributed by atoms with Crippen LogP contribution in [0.15, 0.2) is 18.3 Å². The van der Waals surface area contributed by atoms with E-state index in [0.29, 0.717) is 11.8 Å². The first kappa shape index (κ1) is 15.4. The highest BCUT2D eigenvalue weighted by atomic mass is 35.5. The third kappa shape index (κ3) is 3.57. The first-order chi connectivity index (χ1) is 9.35. The zero-order chi connectivity index (χ0) is 14.8. The van der Waals surface area contributed by atoms with E-state index < -0.39 is 11.7 Å². The van der Waals surface area contributed by atoms with Gasteiger partial charge in [-0.25, -0.2) is 4.98 Å². The molecule has 1 aromatic rings. The monoisotopic (exact) mass is 306 g/mol. The van der Waals surface area contributed by atoms with Gasteiger partial charge < -0.3 is 5.32 Å². The van der Waals surface area contributed by atoms with Gasteiger partial charge in [0.25, 0.3) is 0 Å². The Morgan fingerprint density at radius 2 is 2.25 bits per heavy atom. The lowest BCUT2D eigenvalue weighted by atomic mass is 9.77. The van der Waals surface area contributed by atoms with E-state index in [-0.39, 0.29) is 11.4 Å². The van der Waals surface area contributed by atoms with Crippen LogP contribution < -0.4 is 5.32 Å². The Morgan fingerprint density at radius 3 is 2.85 bits per heavy atom. The fourth-order valence-electron chi connectivity index (χ4n) is 2.88. The van der Waals surface area contributed by atoms with Crippen LogP contribution in [0.25, 0.3) is 0 Å². The molecular formula is C14H18ClF3N2. The van der Waals surface area contributed by atoms with Crippen LogP contribution in [0.1, 0.15) is 38.2 Å². The van der Waals surface area contributed by atoms with Gasteiger partial charge in [-0.3, -0.25) is 0 Å². The summed E-state index contributed by atoms with van der Waals surface area (Å²) in [5.74, 6) is 1.13. The molecule has 1 aliphatic carbocycles. The summed E-state index contributed by atoms with van der Waals surface area (Å²) >= 11 is 6.07. The maximum Gasteiger partial charge on any atom is 0.416 e. The lowest BCUT2D eigenvalue weighted by Gasteiger charge is -2.39. The number of anilines is 1. The van der Waals surface area contributed by atoms with Crippen LogP contribution in [0.3, 0.4) is 0 Å². The summed E-state index contributed by atoms with van der Waals surface area (Å²) in [6.07, 6.45) is 0.704. The second-order valence-electron chi connectivity index (χ2n) is 5.67. The van der Waals surface area contributed by atoms with Crippen molar-refractivity contribution in [3.05, 3.63) is 23.9 Å². The van der Waals surface area contributed by atoms with Gasteiger partial charge in [-0.05, 0) is 30.9 Å². The van der Waals surface area contributed by atoms with E-state index in [1.165, 1.54) is 6.20 Å². The number of nitrogens with one attached hydrogen (secondary N) is 1. The number of alkyl halides is 4. The van der Waals surface area contributed by atoms with Gasteiger partial charge >= 0.3 is 6.18 Å². The molecule has 0 saturated heterocycles. The van der Waals surface area contributed by atoms with E-state index in [4.69, 9.17) is 11.6 Å². The summed E-state index contributed by atoms with van der Waals surface area (Å²) in [5, 5.41) is 3.14. The molecule has 0 bridgehead atoms. The SMILES string of the molecule is CC1CCCC(CCl)(Nc2cc(C(F)(F)F)ccn2)C1. The first-order valence-corrected chi connectivity index (χ1v) is 7.25. The molecule has 0 aromatic carbocycles. The van der Waals surface area contributed by atoms with Crippen LogP contribution in [-0.4, -0.2) is 16.4 Å². The molecule has 6 heteroatoms. The predicted molar refractivity (Wildman–Crippen MR) is 73.9 cm³/mol. The number of rotatable bonds is 3. The van der Waals surface area contributed by atoms with E-state index in [9.17, 15) is 13.2 Å². The first-order valence-electron chi connectivity index (χ1n) is 6.72. The molecule has 0 aliphatic heterocycles. The normalized spacial score (nSPS) is 27.4. The van der Waals surface area contributed by atoms with Crippen LogP contribution in [0.2, 0.25) is 0 Å². The van der Waals surface area contributed by atoms with Crippen LogP contribution >= 0.6 is 11.6 Å². The van der Waals surface area contributed by atoms with Crippen molar-refractivity contribution >= 4 is 17.4 Å². The lowest BCUT2D eigenvalue weighted by molar-refractivity contribution is -0.137. The molecule has 2 atom stereocenters. The van der Waals surface area contributed by atoms with E-state index in [0.717, 1.165) is 37.8 Å². The van der Waals surface area contributed by atoms with E-state index >= 15 is 0 Å². The molecule has 1 heterocycles. The second-order valence-corrected chi connectivity index (χ2v) is 5.94. The van der Waals surface area contributed by atoms with Gasteiger partial charge in [0.05, 0.1) is 11.1 Å². The van der Waals surface area contributed by atoms with Gasteiger partial charge in [0.15, 0.2) is 0 Å². The molecule has 1 fully saturated rings. The van der Waals surface area contributed by atoms with Crippen molar-refractivity contribution in [2.45, 2.75) is 44.3 Å². The molecular weight excluding hydrogens is 289 g/mol. The minimum atomic E-state index is -4.35. The summed E-state index contributed by atoms with van der Waals surface area (Å²) in [6, 6.07) is 2.02. The number of nitrogens with zero attached hydrogens (tertiary/aromatic N) is 1. The van der Waals surface area contributed by atoms with E-state index in [1.54, 1.807) is 0 Å². The average Bonchev–Trinajstić information content (AvgIpc) is 2.38. The van der Waals surface area contributed by atoms with Crippen molar-refractivity contribution in [2.75, 3.05) is 11.2 Å². The van der Waals surface area contributed by atoms with Gasteiger partial charge in [-0.1, -0.05) is 19.8 Å². The van der Waals surface area contributed by atoms with Crippen molar-refractivity contribution in [1.29, 1.82) is 0 Å². The number of pyridine rings is 1. The Labute approximate surface area is 121 Å². The molecule has 1 N–H and O–H groups in total. The minimum absolute atomic E-state index is 0.245. The number of hydrogen-bond acceptors (Lipinski definition) is 2. The molecule has 112 valence electrons. The zero-order valence-corrected chi connectivity index (χ0v) is 12.1. The molecule has 1 aromatic heterocycles. The van der Waals surface area contributed by atoms with Crippen LogP contribution in [0.4, 0.5) is 19.0 Å². The second kappa shape index (κ2) is 5.80. The lowest BCUT2D eigenvalue weighted by Crippen LogP contribution is -2.44. The predicted octanol–water partition coefficient (Wildman–Crippen LogP) is 4.70. The van der Waals surface area contributed by atoms with Gasteiger partial charge in [0.2, 0.25) is 0 Å². The number of hydrogen-bond donors (Lipinski definition) is 1. The molecule has 0 spiro atoms. The molecule has 2 unspecified atom stereocenters. The van der Waals surface area contributed by atoms with Gasteiger partial charge in [0.1, 0.15) is 5.82 Å². The third-order valence-electron chi connectivity index (χ3n) is 3.83. The molecule has 0 amide bonds. The summed E-state index contributed by atoms with van der Waals surface area (Å²) in [4.78, 5) is 4.00. The summed E-state index contributed by atoms with van der Waals surface area (Å²) in [7, 11) is 0. The fourth-order valence-corrected chi connectivity index (χ4v) is 3.18. The Balaban J connectivity index is 2.19. The number of halogens is 4. The quantitative estimate of drug-likeness (QED) is 0.819. The maximum absolute atomic E-state index is 12.7. The van der Waals surface area contributed by atoms with Crippen molar-refractivity contribution in [2.24, 2.45) is 5.92 Å². The van der Waals surface area contributed by atoms with Crippen LogP contribution in [-0.2, 0) is 6.18 Å². The Morgan fingerprint density at radius 1 is 1.50 bits per heavy atom.